The molecule has 150 valence electrons. The number of nitrogens with one attached hydrogen (secondary N) is 2. The first-order valence-corrected chi connectivity index (χ1v) is 9.75. The number of hydrogen-bond donors (Lipinski definition) is 3. The molecule has 3 N–H and O–H groups in total. The maximum atomic E-state index is 12.4. The van der Waals surface area contributed by atoms with Crippen molar-refractivity contribution in [3.63, 3.8) is 0 Å². The molecule has 0 aliphatic heterocycles. The average molecular weight is 412 g/mol. The summed E-state index contributed by atoms with van der Waals surface area (Å²) < 4.78 is 5.02. The number of carbonyl (C=O) groups is 3. The number of rotatable bonds is 8. The fraction of sp³-hybridized carbons (Fsp3) is 0.190. The normalized spacial score (nSPS) is 11.6. The van der Waals surface area contributed by atoms with E-state index in [2.05, 4.69) is 10.6 Å². The van der Waals surface area contributed by atoms with Crippen LogP contribution in [0.15, 0.2) is 59.2 Å². The van der Waals surface area contributed by atoms with Crippen molar-refractivity contribution in [2.45, 2.75) is 13.3 Å². The third-order valence-corrected chi connectivity index (χ3v) is 5.27. The molecule has 0 spiro atoms. The number of thiophene rings is 1. The molecule has 0 radical (unpaired) electrons. The van der Waals surface area contributed by atoms with E-state index in [9.17, 15) is 19.5 Å². The largest absolute Gasteiger partial charge is 0.481 e. The first kappa shape index (κ1) is 20.3. The van der Waals surface area contributed by atoms with Gasteiger partial charge in [-0.2, -0.15) is 0 Å². The minimum Gasteiger partial charge on any atom is -0.481 e. The molecule has 7 nitrogen and oxygen atoms in total. The van der Waals surface area contributed by atoms with Crippen molar-refractivity contribution in [2.75, 3.05) is 11.9 Å². The van der Waals surface area contributed by atoms with Gasteiger partial charge in [-0.3, -0.25) is 14.4 Å². The number of aryl methyl sites for hydroxylation is 1. The third kappa shape index (κ3) is 5.55. The number of hydrogen-bond acceptors (Lipinski definition) is 5. The van der Waals surface area contributed by atoms with Crippen LogP contribution in [0.25, 0.3) is 0 Å². The fourth-order valence-corrected chi connectivity index (χ4v) is 3.48. The van der Waals surface area contributed by atoms with Gasteiger partial charge in [0.1, 0.15) is 0 Å². The quantitative estimate of drug-likeness (QED) is 0.524. The van der Waals surface area contributed by atoms with E-state index >= 15 is 0 Å². The van der Waals surface area contributed by atoms with Crippen molar-refractivity contribution in [3.05, 3.63) is 76.6 Å². The molecule has 0 fully saturated rings. The van der Waals surface area contributed by atoms with Crippen molar-refractivity contribution in [1.29, 1.82) is 0 Å². The molecule has 29 heavy (non-hydrogen) atoms. The lowest BCUT2D eigenvalue weighted by atomic mass is 9.98. The molecule has 0 saturated carbocycles. The monoisotopic (exact) mass is 412 g/mol. The Labute approximate surface area is 171 Å². The maximum Gasteiger partial charge on any atom is 0.308 e. The van der Waals surface area contributed by atoms with Crippen molar-refractivity contribution >= 4 is 34.1 Å². The zero-order chi connectivity index (χ0) is 20.8. The summed E-state index contributed by atoms with van der Waals surface area (Å²) in [5.41, 5.74) is 2.00. The van der Waals surface area contributed by atoms with E-state index in [0.717, 1.165) is 22.5 Å². The lowest BCUT2D eigenvalue weighted by Gasteiger charge is -2.13. The molecule has 3 rings (SSSR count). The highest BCUT2D eigenvalue weighted by molar-refractivity contribution is 7.18. The minimum atomic E-state index is -0.969. The summed E-state index contributed by atoms with van der Waals surface area (Å²) in [6, 6.07) is 14.0. The Morgan fingerprint density at radius 2 is 1.83 bits per heavy atom. The van der Waals surface area contributed by atoms with Gasteiger partial charge in [0.25, 0.3) is 11.8 Å². The van der Waals surface area contributed by atoms with Gasteiger partial charge in [-0.15, -0.1) is 11.3 Å². The molecular formula is C21H20N2O5S. The van der Waals surface area contributed by atoms with Gasteiger partial charge in [0.2, 0.25) is 0 Å². The standard InChI is InChI=1S/C21H20N2O5S/c1-13-4-6-14(7-5-13)11-15(21(26)27)12-22-20(25)17-8-9-18(29-17)23-19(24)16-3-2-10-28-16/h2-10,15H,11-12H2,1H3,(H,22,25)(H,23,24)(H,26,27)/t15-/m1/s1. The van der Waals surface area contributed by atoms with Crippen LogP contribution >= 0.6 is 11.3 Å². The molecule has 0 saturated heterocycles. The number of amides is 2. The second-order valence-electron chi connectivity index (χ2n) is 6.53. The second-order valence-corrected chi connectivity index (χ2v) is 7.61. The van der Waals surface area contributed by atoms with Crippen molar-refractivity contribution in [1.82, 2.24) is 5.32 Å². The highest BCUT2D eigenvalue weighted by Crippen LogP contribution is 2.22. The Kier molecular flexibility index (Phi) is 6.46. The summed E-state index contributed by atoms with van der Waals surface area (Å²) in [4.78, 5) is 36.3. The SMILES string of the molecule is Cc1ccc(C[C@H](CNC(=O)c2ccc(NC(=O)c3ccco3)s2)C(=O)O)cc1. The van der Waals surface area contributed by atoms with Crippen LogP contribution in [-0.2, 0) is 11.2 Å². The molecule has 0 aliphatic rings. The van der Waals surface area contributed by atoms with Gasteiger partial charge in [0.05, 0.1) is 22.1 Å². The third-order valence-electron chi connectivity index (χ3n) is 4.27. The van der Waals surface area contributed by atoms with Gasteiger partial charge in [-0.05, 0) is 43.2 Å². The number of aliphatic carboxylic acids is 1. The van der Waals surface area contributed by atoms with Gasteiger partial charge < -0.3 is 20.2 Å². The van der Waals surface area contributed by atoms with Gasteiger partial charge in [-0.25, -0.2) is 0 Å². The van der Waals surface area contributed by atoms with E-state index in [4.69, 9.17) is 4.42 Å². The van der Waals surface area contributed by atoms with Crippen molar-refractivity contribution < 1.29 is 23.9 Å². The Bertz CT molecular complexity index is 993. The summed E-state index contributed by atoms with van der Waals surface area (Å²) in [5, 5.41) is 15.3. The molecule has 1 atom stereocenters. The lowest BCUT2D eigenvalue weighted by Crippen LogP contribution is -2.33. The van der Waals surface area contributed by atoms with Crippen LogP contribution in [0.5, 0.6) is 0 Å². The molecule has 2 aromatic heterocycles. The Balaban J connectivity index is 1.56. The molecular weight excluding hydrogens is 392 g/mol. The number of carbonyl (C=O) groups excluding carboxylic acids is 2. The predicted molar refractivity (Wildman–Crippen MR) is 109 cm³/mol. The summed E-state index contributed by atoms with van der Waals surface area (Å²) in [6.45, 7) is 1.97. The lowest BCUT2D eigenvalue weighted by molar-refractivity contribution is -0.141. The van der Waals surface area contributed by atoms with Gasteiger partial charge in [-0.1, -0.05) is 29.8 Å². The summed E-state index contributed by atoms with van der Waals surface area (Å²) in [7, 11) is 0. The van der Waals surface area contributed by atoms with Gasteiger partial charge in [0.15, 0.2) is 5.76 Å². The first-order chi connectivity index (χ1) is 13.9. The van der Waals surface area contributed by atoms with E-state index < -0.39 is 17.8 Å². The Hall–Kier alpha value is -3.39. The van der Waals surface area contributed by atoms with E-state index in [1.807, 2.05) is 31.2 Å². The number of benzene rings is 1. The van der Waals surface area contributed by atoms with Gasteiger partial charge >= 0.3 is 5.97 Å². The molecule has 0 bridgehead atoms. The number of carboxylic acids is 1. The minimum absolute atomic E-state index is 0.00797. The van der Waals surface area contributed by atoms with Crippen LogP contribution in [0.3, 0.4) is 0 Å². The van der Waals surface area contributed by atoms with Crippen LogP contribution in [0.4, 0.5) is 5.00 Å². The van der Waals surface area contributed by atoms with E-state index in [-0.39, 0.29) is 18.2 Å². The number of anilines is 1. The smallest absolute Gasteiger partial charge is 0.308 e. The van der Waals surface area contributed by atoms with Crippen LogP contribution in [-0.4, -0.2) is 29.4 Å². The number of furan rings is 1. The molecule has 2 heterocycles. The maximum absolute atomic E-state index is 12.4. The van der Waals surface area contributed by atoms with Crippen molar-refractivity contribution in [2.24, 2.45) is 5.92 Å². The van der Waals surface area contributed by atoms with Crippen LogP contribution < -0.4 is 10.6 Å². The molecule has 0 unspecified atom stereocenters. The molecule has 2 amide bonds. The molecule has 1 aromatic carbocycles. The van der Waals surface area contributed by atoms with Crippen LogP contribution in [0, 0.1) is 12.8 Å². The zero-order valence-corrected chi connectivity index (χ0v) is 16.5. The molecule has 3 aromatic rings. The summed E-state index contributed by atoms with van der Waals surface area (Å²) >= 11 is 1.10. The summed E-state index contributed by atoms with van der Waals surface area (Å²) in [5.74, 6) is -2.33. The highest BCUT2D eigenvalue weighted by Gasteiger charge is 2.20. The van der Waals surface area contributed by atoms with Crippen molar-refractivity contribution in [3.8, 4) is 0 Å². The van der Waals surface area contributed by atoms with Crippen LogP contribution in [0.1, 0.15) is 31.4 Å². The first-order valence-electron chi connectivity index (χ1n) is 8.93. The Morgan fingerprint density at radius 3 is 2.48 bits per heavy atom. The van der Waals surface area contributed by atoms with E-state index in [0.29, 0.717) is 16.3 Å². The summed E-state index contributed by atoms with van der Waals surface area (Å²) in [6.07, 6.45) is 1.72. The average Bonchev–Trinajstić information content (AvgIpc) is 3.38. The van der Waals surface area contributed by atoms with E-state index in [1.54, 1.807) is 18.2 Å². The zero-order valence-electron chi connectivity index (χ0n) is 15.7. The fourth-order valence-electron chi connectivity index (χ4n) is 2.67. The number of carboxylic acid groups (broad SMARTS) is 1. The van der Waals surface area contributed by atoms with Crippen LogP contribution in [0.2, 0.25) is 0 Å². The highest BCUT2D eigenvalue weighted by atomic mass is 32.1. The van der Waals surface area contributed by atoms with Gasteiger partial charge in [0, 0.05) is 6.54 Å². The topological polar surface area (TPSA) is 109 Å². The predicted octanol–water partition coefficient (Wildman–Crippen LogP) is 3.58. The molecule has 8 heteroatoms. The second kappa shape index (κ2) is 9.20. The van der Waals surface area contributed by atoms with E-state index in [1.165, 1.54) is 12.3 Å². The Morgan fingerprint density at radius 1 is 1.07 bits per heavy atom. The molecule has 0 aliphatic carbocycles.